The second-order valence-corrected chi connectivity index (χ2v) is 10.6. The molecular formula is C31H52N4O6. The molecule has 1 rings (SSSR count). The van der Waals surface area contributed by atoms with E-state index in [1.54, 1.807) is 0 Å². The third-order valence-electron chi connectivity index (χ3n) is 7.04. The first-order valence-corrected chi connectivity index (χ1v) is 15.2. The Hall–Kier alpha value is -2.98. The van der Waals surface area contributed by atoms with Gasteiger partial charge in [-0.2, -0.15) is 0 Å². The van der Waals surface area contributed by atoms with Gasteiger partial charge >= 0.3 is 5.97 Å². The van der Waals surface area contributed by atoms with E-state index < -0.39 is 36.5 Å². The Morgan fingerprint density at radius 3 is 1.93 bits per heavy atom. The summed E-state index contributed by atoms with van der Waals surface area (Å²) in [5.74, 6) is -2.93. The number of nitrogens with two attached hydrogens (primary N) is 1. The minimum absolute atomic E-state index is 0.0922. The van der Waals surface area contributed by atoms with Crippen molar-refractivity contribution in [3.05, 3.63) is 35.9 Å². The van der Waals surface area contributed by atoms with Crippen molar-refractivity contribution >= 4 is 23.7 Å². The molecular weight excluding hydrogens is 524 g/mol. The molecule has 0 aliphatic heterocycles. The van der Waals surface area contributed by atoms with Crippen molar-refractivity contribution in [3.63, 3.8) is 0 Å². The van der Waals surface area contributed by atoms with Gasteiger partial charge in [0.25, 0.3) is 5.91 Å². The summed E-state index contributed by atoms with van der Waals surface area (Å²) in [5, 5.41) is 13.2. The highest BCUT2D eigenvalue weighted by atomic mass is 16.5. The number of hydrogen-bond acceptors (Lipinski definition) is 6. The molecule has 1 aromatic rings. The van der Waals surface area contributed by atoms with Crippen LogP contribution >= 0.6 is 0 Å². The Morgan fingerprint density at radius 1 is 0.854 bits per heavy atom. The number of nitrogens with zero attached hydrogens (tertiary/aromatic N) is 1. The van der Waals surface area contributed by atoms with Crippen molar-refractivity contribution in [3.8, 4) is 0 Å². The first-order chi connectivity index (χ1) is 19.8. The topological polar surface area (TPSA) is 151 Å². The lowest BCUT2D eigenvalue weighted by molar-refractivity contribution is -0.143. The van der Waals surface area contributed by atoms with Crippen LogP contribution in [0.25, 0.3) is 0 Å². The van der Waals surface area contributed by atoms with Gasteiger partial charge in [0.1, 0.15) is 12.6 Å². The van der Waals surface area contributed by atoms with Gasteiger partial charge in [0.05, 0.1) is 13.2 Å². The molecule has 1 aromatic carbocycles. The summed E-state index contributed by atoms with van der Waals surface area (Å²) in [4.78, 5) is 50.0. The highest BCUT2D eigenvalue weighted by Crippen LogP contribution is 2.14. The number of benzene rings is 1. The highest BCUT2D eigenvalue weighted by molar-refractivity contribution is 5.92. The lowest BCUT2D eigenvalue weighted by Crippen LogP contribution is -2.58. The monoisotopic (exact) mass is 576 g/mol. The zero-order valence-electron chi connectivity index (χ0n) is 25.1. The number of aliphatic carboxylic acids is 1. The SMILES string of the molecule is CCCCCCCCCCCCCCCC(=O)N(C)[C@H](COCc1ccccc1)C(=O)N[C@H](N)C(=O)NCC(=O)O. The van der Waals surface area contributed by atoms with Gasteiger partial charge in [0.15, 0.2) is 6.17 Å². The summed E-state index contributed by atoms with van der Waals surface area (Å²) in [5.41, 5.74) is 6.66. The van der Waals surface area contributed by atoms with Crippen LogP contribution in [0.1, 0.15) is 102 Å². The average molecular weight is 577 g/mol. The smallest absolute Gasteiger partial charge is 0.322 e. The van der Waals surface area contributed by atoms with Crippen molar-refractivity contribution in [2.75, 3.05) is 20.2 Å². The van der Waals surface area contributed by atoms with Gasteiger partial charge in [0.2, 0.25) is 11.8 Å². The molecule has 0 aliphatic rings. The number of amides is 3. The number of hydrogen-bond donors (Lipinski definition) is 4. The molecule has 10 heteroatoms. The Kier molecular flexibility index (Phi) is 19.9. The van der Waals surface area contributed by atoms with E-state index in [1.807, 2.05) is 30.3 Å². The van der Waals surface area contributed by atoms with Crippen LogP contribution in [0.3, 0.4) is 0 Å². The minimum Gasteiger partial charge on any atom is -0.480 e. The maximum absolute atomic E-state index is 13.0. The third kappa shape index (κ3) is 17.4. The second-order valence-electron chi connectivity index (χ2n) is 10.6. The van der Waals surface area contributed by atoms with Crippen molar-refractivity contribution < 1.29 is 29.0 Å². The van der Waals surface area contributed by atoms with Gasteiger partial charge in [-0.25, -0.2) is 0 Å². The van der Waals surface area contributed by atoms with Crippen LogP contribution in [-0.4, -0.2) is 66.1 Å². The van der Waals surface area contributed by atoms with Gasteiger partial charge < -0.3 is 31.1 Å². The fourth-order valence-electron chi connectivity index (χ4n) is 4.46. The maximum Gasteiger partial charge on any atom is 0.322 e. The lowest BCUT2D eigenvalue weighted by atomic mass is 10.0. The predicted octanol–water partition coefficient (Wildman–Crippen LogP) is 4.11. The van der Waals surface area contributed by atoms with E-state index >= 15 is 0 Å². The van der Waals surface area contributed by atoms with E-state index in [0.717, 1.165) is 24.8 Å². The Morgan fingerprint density at radius 2 is 1.39 bits per heavy atom. The summed E-state index contributed by atoms with van der Waals surface area (Å²) in [6.45, 7) is 1.77. The third-order valence-corrected chi connectivity index (χ3v) is 7.04. The summed E-state index contributed by atoms with van der Waals surface area (Å²) in [6.07, 6.45) is 14.6. The Labute approximate surface area is 245 Å². The molecule has 0 heterocycles. The molecule has 0 bridgehead atoms. The first-order valence-electron chi connectivity index (χ1n) is 15.2. The molecule has 2 atom stereocenters. The number of carboxylic acids is 1. The van der Waals surface area contributed by atoms with Gasteiger partial charge in [-0.1, -0.05) is 114 Å². The van der Waals surface area contributed by atoms with E-state index in [0.29, 0.717) is 6.42 Å². The van der Waals surface area contributed by atoms with Crippen LogP contribution in [0.15, 0.2) is 30.3 Å². The Balaban J connectivity index is 2.46. The molecule has 3 amide bonds. The zero-order valence-corrected chi connectivity index (χ0v) is 25.1. The van der Waals surface area contributed by atoms with Crippen LogP contribution in [0.5, 0.6) is 0 Å². The predicted molar refractivity (Wildman–Crippen MR) is 160 cm³/mol. The van der Waals surface area contributed by atoms with Crippen molar-refractivity contribution in [2.24, 2.45) is 5.73 Å². The minimum atomic E-state index is -1.47. The number of likely N-dealkylation sites (N-methyl/N-ethyl adjacent to an activating group) is 1. The van der Waals surface area contributed by atoms with Crippen molar-refractivity contribution in [2.45, 2.75) is 116 Å². The number of carboxylic acid groups (broad SMARTS) is 1. The molecule has 0 spiro atoms. The number of rotatable bonds is 24. The van der Waals surface area contributed by atoms with Gasteiger partial charge in [-0.05, 0) is 12.0 Å². The molecule has 0 unspecified atom stereocenters. The molecule has 0 saturated heterocycles. The van der Waals surface area contributed by atoms with Crippen LogP contribution < -0.4 is 16.4 Å². The maximum atomic E-state index is 13.0. The molecule has 0 saturated carbocycles. The average Bonchev–Trinajstić information content (AvgIpc) is 2.96. The fraction of sp³-hybridized carbons (Fsp3) is 0.677. The normalized spacial score (nSPS) is 12.4. The summed E-state index contributed by atoms with van der Waals surface area (Å²) >= 11 is 0. The molecule has 0 aliphatic carbocycles. The standard InChI is InChI=1S/C31H52N4O6/c1-3-4-5-6-7-8-9-10-11-12-13-14-18-21-27(36)35(2)26(24-41-23-25-19-16-15-17-20-25)30(39)34-29(32)31(40)33-22-28(37)38/h15-17,19-20,26,29H,3-14,18,21-24,32H2,1-2H3,(H,33,40)(H,34,39)(H,37,38)/t26-,29+/m1/s1. The second kappa shape index (κ2) is 22.7. The van der Waals surface area contributed by atoms with E-state index in [4.69, 9.17) is 15.6 Å². The molecule has 232 valence electrons. The van der Waals surface area contributed by atoms with Crippen LogP contribution in [0.4, 0.5) is 0 Å². The molecule has 5 N–H and O–H groups in total. The van der Waals surface area contributed by atoms with E-state index in [-0.39, 0.29) is 19.1 Å². The van der Waals surface area contributed by atoms with Crippen LogP contribution in [0, 0.1) is 0 Å². The van der Waals surface area contributed by atoms with Gasteiger partial charge in [0, 0.05) is 13.5 Å². The highest BCUT2D eigenvalue weighted by Gasteiger charge is 2.29. The molecule has 41 heavy (non-hydrogen) atoms. The Bertz CT molecular complexity index is 883. The molecule has 0 aromatic heterocycles. The quantitative estimate of drug-likeness (QED) is 0.107. The van der Waals surface area contributed by atoms with Gasteiger partial charge in [-0.15, -0.1) is 0 Å². The van der Waals surface area contributed by atoms with E-state index in [1.165, 1.54) is 76.2 Å². The lowest BCUT2D eigenvalue weighted by Gasteiger charge is -2.28. The number of unbranched alkanes of at least 4 members (excludes halogenated alkanes) is 12. The summed E-state index contributed by atoms with van der Waals surface area (Å²) in [6, 6.07) is 8.42. The molecule has 0 fully saturated rings. The van der Waals surface area contributed by atoms with Crippen LogP contribution in [-0.2, 0) is 30.5 Å². The summed E-state index contributed by atoms with van der Waals surface area (Å²) < 4.78 is 5.74. The van der Waals surface area contributed by atoms with Gasteiger partial charge in [-0.3, -0.25) is 19.2 Å². The number of ether oxygens (including phenoxy) is 1. The first kappa shape index (κ1) is 36.0. The molecule has 0 radical (unpaired) electrons. The number of carbonyl (C=O) groups excluding carboxylic acids is 3. The van der Waals surface area contributed by atoms with Crippen molar-refractivity contribution in [1.82, 2.24) is 15.5 Å². The number of carbonyl (C=O) groups is 4. The molecule has 10 nitrogen and oxygen atoms in total. The fourth-order valence-corrected chi connectivity index (χ4v) is 4.46. The van der Waals surface area contributed by atoms with E-state index in [9.17, 15) is 19.2 Å². The number of nitrogens with one attached hydrogen (secondary N) is 2. The van der Waals surface area contributed by atoms with E-state index in [2.05, 4.69) is 17.6 Å². The zero-order chi connectivity index (χ0) is 30.3. The summed E-state index contributed by atoms with van der Waals surface area (Å²) in [7, 11) is 1.54. The van der Waals surface area contributed by atoms with Crippen molar-refractivity contribution in [1.29, 1.82) is 0 Å². The van der Waals surface area contributed by atoms with Crippen LogP contribution in [0.2, 0.25) is 0 Å². The largest absolute Gasteiger partial charge is 0.480 e.